The van der Waals surface area contributed by atoms with E-state index in [1.54, 1.807) is 0 Å². The summed E-state index contributed by atoms with van der Waals surface area (Å²) in [4.78, 5) is 0. The summed E-state index contributed by atoms with van der Waals surface area (Å²) in [6.45, 7) is 0. The maximum atomic E-state index is 10.3. The predicted molar refractivity (Wildman–Crippen MR) is 71.4 cm³/mol. The van der Waals surface area contributed by atoms with Gasteiger partial charge in [-0.05, 0) is 44.1 Å². The molecule has 4 unspecified atom stereocenters. The molecule has 3 rings (SSSR count). The molecule has 2 heteroatoms. The molecule has 0 aliphatic carbocycles. The first-order valence-electron chi connectivity index (χ1n) is 7.20. The van der Waals surface area contributed by atoms with E-state index in [0.29, 0.717) is 18.1 Å². The molecule has 18 heavy (non-hydrogen) atoms. The zero-order valence-corrected chi connectivity index (χ0v) is 10.8. The highest BCUT2D eigenvalue weighted by atomic mass is 16.5. The Kier molecular flexibility index (Phi) is 3.67. The Labute approximate surface area is 109 Å². The second-order valence-corrected chi connectivity index (χ2v) is 5.72. The van der Waals surface area contributed by atoms with Crippen molar-refractivity contribution in [3.63, 3.8) is 0 Å². The molecule has 1 aromatic rings. The predicted octanol–water partition coefficient (Wildman–Crippen LogP) is 2.94. The number of rotatable bonds is 5. The Bertz CT molecular complexity index is 376. The lowest BCUT2D eigenvalue weighted by molar-refractivity contribution is 0.0380. The fraction of sp³-hybridized carbons (Fsp3) is 0.625. The fourth-order valence-corrected chi connectivity index (χ4v) is 3.46. The molecule has 2 nitrogen and oxygen atoms in total. The van der Waals surface area contributed by atoms with E-state index in [4.69, 9.17) is 4.74 Å². The van der Waals surface area contributed by atoms with E-state index in [0.717, 1.165) is 32.1 Å². The van der Waals surface area contributed by atoms with Gasteiger partial charge in [-0.1, -0.05) is 30.3 Å². The van der Waals surface area contributed by atoms with Gasteiger partial charge in [0.2, 0.25) is 0 Å². The first-order chi connectivity index (χ1) is 8.83. The summed E-state index contributed by atoms with van der Waals surface area (Å²) in [6, 6.07) is 10.5. The Balaban J connectivity index is 1.43. The third kappa shape index (κ3) is 2.60. The SMILES string of the molecule is OC(CCCc1ccccc1)C1CC2CCC1O2. The lowest BCUT2D eigenvalue weighted by Gasteiger charge is -2.24. The van der Waals surface area contributed by atoms with Crippen LogP contribution in [0.3, 0.4) is 0 Å². The molecular formula is C16H22O2. The average molecular weight is 246 g/mol. The lowest BCUT2D eigenvalue weighted by Crippen LogP contribution is -2.29. The van der Waals surface area contributed by atoms with Crippen LogP contribution in [-0.2, 0) is 11.2 Å². The van der Waals surface area contributed by atoms with Crippen molar-refractivity contribution in [2.24, 2.45) is 5.92 Å². The van der Waals surface area contributed by atoms with E-state index >= 15 is 0 Å². The molecule has 2 saturated heterocycles. The van der Waals surface area contributed by atoms with Gasteiger partial charge < -0.3 is 9.84 Å². The molecule has 0 saturated carbocycles. The van der Waals surface area contributed by atoms with Crippen molar-refractivity contribution < 1.29 is 9.84 Å². The Morgan fingerprint density at radius 3 is 2.72 bits per heavy atom. The van der Waals surface area contributed by atoms with Gasteiger partial charge in [-0.2, -0.15) is 0 Å². The summed E-state index contributed by atoms with van der Waals surface area (Å²) in [7, 11) is 0. The second kappa shape index (κ2) is 5.41. The van der Waals surface area contributed by atoms with Crippen LogP contribution in [0, 0.1) is 5.92 Å². The summed E-state index contributed by atoms with van der Waals surface area (Å²) in [5, 5.41) is 10.3. The number of hydrogen-bond donors (Lipinski definition) is 1. The third-order valence-electron chi connectivity index (χ3n) is 4.46. The van der Waals surface area contributed by atoms with Crippen LogP contribution in [0.5, 0.6) is 0 Å². The number of aliphatic hydroxyl groups excluding tert-OH is 1. The van der Waals surface area contributed by atoms with Crippen molar-refractivity contribution in [3.8, 4) is 0 Å². The number of ether oxygens (including phenoxy) is 1. The molecule has 4 atom stereocenters. The molecule has 98 valence electrons. The molecule has 1 aromatic carbocycles. The minimum absolute atomic E-state index is 0.163. The van der Waals surface area contributed by atoms with Crippen LogP contribution in [0.1, 0.15) is 37.7 Å². The van der Waals surface area contributed by atoms with Crippen molar-refractivity contribution >= 4 is 0 Å². The van der Waals surface area contributed by atoms with Gasteiger partial charge in [-0.15, -0.1) is 0 Å². The summed E-state index contributed by atoms with van der Waals surface area (Å²) < 4.78 is 5.81. The van der Waals surface area contributed by atoms with Crippen molar-refractivity contribution in [1.82, 2.24) is 0 Å². The van der Waals surface area contributed by atoms with E-state index in [9.17, 15) is 5.11 Å². The number of hydrogen-bond acceptors (Lipinski definition) is 2. The molecular weight excluding hydrogens is 224 g/mol. The Morgan fingerprint density at radius 2 is 2.06 bits per heavy atom. The molecule has 0 amide bonds. The average Bonchev–Trinajstić information content (AvgIpc) is 3.02. The smallest absolute Gasteiger partial charge is 0.0633 e. The molecule has 0 spiro atoms. The van der Waals surface area contributed by atoms with Gasteiger partial charge in [0.1, 0.15) is 0 Å². The lowest BCUT2D eigenvalue weighted by atomic mass is 9.83. The largest absolute Gasteiger partial charge is 0.393 e. The van der Waals surface area contributed by atoms with Gasteiger partial charge in [0, 0.05) is 5.92 Å². The van der Waals surface area contributed by atoms with Crippen molar-refractivity contribution in [2.75, 3.05) is 0 Å². The first-order valence-corrected chi connectivity index (χ1v) is 7.20. The van der Waals surface area contributed by atoms with Crippen LogP contribution < -0.4 is 0 Å². The van der Waals surface area contributed by atoms with E-state index in [1.807, 2.05) is 6.07 Å². The van der Waals surface area contributed by atoms with Gasteiger partial charge in [0.15, 0.2) is 0 Å². The number of fused-ring (bicyclic) bond motifs is 2. The third-order valence-corrected chi connectivity index (χ3v) is 4.46. The highest BCUT2D eigenvalue weighted by Crippen LogP contribution is 2.41. The van der Waals surface area contributed by atoms with E-state index in [1.165, 1.54) is 12.0 Å². The standard InChI is InChI=1S/C16H22O2/c17-15(14-11-13-9-10-16(14)18-13)8-4-7-12-5-2-1-3-6-12/h1-3,5-6,13-17H,4,7-11H2. The first kappa shape index (κ1) is 12.2. The molecule has 0 aromatic heterocycles. The maximum Gasteiger partial charge on any atom is 0.0633 e. The van der Waals surface area contributed by atoms with E-state index in [2.05, 4.69) is 24.3 Å². The monoisotopic (exact) mass is 246 g/mol. The molecule has 1 N–H and O–H groups in total. The topological polar surface area (TPSA) is 29.5 Å². The summed E-state index contributed by atoms with van der Waals surface area (Å²) >= 11 is 0. The summed E-state index contributed by atoms with van der Waals surface area (Å²) in [5.74, 6) is 0.402. The van der Waals surface area contributed by atoms with Crippen LogP contribution in [-0.4, -0.2) is 23.4 Å². The normalized spacial score (nSPS) is 31.7. The zero-order chi connectivity index (χ0) is 12.4. The molecule has 2 aliphatic rings. The van der Waals surface area contributed by atoms with Crippen LogP contribution in [0.15, 0.2) is 30.3 Å². The van der Waals surface area contributed by atoms with Gasteiger partial charge in [0.25, 0.3) is 0 Å². The van der Waals surface area contributed by atoms with E-state index in [-0.39, 0.29) is 6.10 Å². The molecule has 2 fully saturated rings. The number of benzene rings is 1. The summed E-state index contributed by atoms with van der Waals surface area (Å²) in [6.07, 6.45) is 7.12. The zero-order valence-electron chi connectivity index (χ0n) is 10.8. The summed E-state index contributed by atoms with van der Waals surface area (Å²) in [5.41, 5.74) is 1.37. The van der Waals surface area contributed by atoms with Crippen LogP contribution in [0.25, 0.3) is 0 Å². The molecule has 2 heterocycles. The second-order valence-electron chi connectivity index (χ2n) is 5.72. The molecule has 2 aliphatic heterocycles. The van der Waals surface area contributed by atoms with Crippen LogP contribution >= 0.6 is 0 Å². The minimum atomic E-state index is -0.163. The van der Waals surface area contributed by atoms with Crippen molar-refractivity contribution in [3.05, 3.63) is 35.9 Å². The Hall–Kier alpha value is -0.860. The van der Waals surface area contributed by atoms with Crippen molar-refractivity contribution in [2.45, 2.75) is 56.8 Å². The molecule has 2 bridgehead atoms. The van der Waals surface area contributed by atoms with Gasteiger partial charge >= 0.3 is 0 Å². The highest BCUT2D eigenvalue weighted by Gasteiger charge is 2.43. The highest BCUT2D eigenvalue weighted by molar-refractivity contribution is 5.14. The fourth-order valence-electron chi connectivity index (χ4n) is 3.46. The minimum Gasteiger partial charge on any atom is -0.393 e. The number of aliphatic hydroxyl groups is 1. The molecule has 0 radical (unpaired) electrons. The van der Waals surface area contributed by atoms with E-state index < -0.39 is 0 Å². The Morgan fingerprint density at radius 1 is 1.22 bits per heavy atom. The van der Waals surface area contributed by atoms with Crippen LogP contribution in [0.2, 0.25) is 0 Å². The van der Waals surface area contributed by atoms with Gasteiger partial charge in [0.05, 0.1) is 18.3 Å². The van der Waals surface area contributed by atoms with Crippen LogP contribution in [0.4, 0.5) is 0 Å². The maximum absolute atomic E-state index is 10.3. The number of aryl methyl sites for hydroxylation is 1. The quantitative estimate of drug-likeness (QED) is 0.865. The van der Waals surface area contributed by atoms with Crippen molar-refractivity contribution in [1.29, 1.82) is 0 Å². The van der Waals surface area contributed by atoms with Gasteiger partial charge in [-0.25, -0.2) is 0 Å². The van der Waals surface area contributed by atoms with Gasteiger partial charge in [-0.3, -0.25) is 0 Å².